The summed E-state index contributed by atoms with van der Waals surface area (Å²) >= 11 is 0. The molecule has 0 N–H and O–H groups in total. The summed E-state index contributed by atoms with van der Waals surface area (Å²) in [7, 11) is 0. The van der Waals surface area contributed by atoms with Crippen molar-refractivity contribution in [2.75, 3.05) is 0 Å². The molecule has 0 aromatic carbocycles. The van der Waals surface area contributed by atoms with E-state index in [1.54, 1.807) is 0 Å². The minimum Gasteiger partial charge on any atom is -0.103 e. The van der Waals surface area contributed by atoms with Crippen LogP contribution in [0.3, 0.4) is 0 Å². The van der Waals surface area contributed by atoms with E-state index in [0.29, 0.717) is 0 Å². The van der Waals surface area contributed by atoms with Gasteiger partial charge >= 0.3 is 0 Å². The summed E-state index contributed by atoms with van der Waals surface area (Å²) in [5, 5.41) is 0. The van der Waals surface area contributed by atoms with Gasteiger partial charge < -0.3 is 0 Å². The van der Waals surface area contributed by atoms with Gasteiger partial charge in [-0.15, -0.1) is 6.58 Å². The lowest BCUT2D eigenvalue weighted by Gasteiger charge is -2.08. The van der Waals surface area contributed by atoms with Crippen LogP contribution in [0.15, 0.2) is 12.7 Å². The van der Waals surface area contributed by atoms with Crippen LogP contribution in [0.1, 0.15) is 84.5 Å². The molecule has 1 unspecified atom stereocenters. The summed E-state index contributed by atoms with van der Waals surface area (Å²) in [5.74, 6) is 0.768. The molecule has 0 aliphatic heterocycles. The zero-order valence-electron chi connectivity index (χ0n) is 11.6. The highest BCUT2D eigenvalue weighted by atomic mass is 14.1. The molecule has 0 heteroatoms. The van der Waals surface area contributed by atoms with E-state index in [9.17, 15) is 0 Å². The van der Waals surface area contributed by atoms with Crippen molar-refractivity contribution >= 4 is 0 Å². The minimum absolute atomic E-state index is 0.768. The normalized spacial score (nSPS) is 12.6. The molecule has 0 aromatic heterocycles. The van der Waals surface area contributed by atoms with Crippen LogP contribution >= 0.6 is 0 Å². The van der Waals surface area contributed by atoms with Crippen molar-refractivity contribution in [2.24, 2.45) is 5.92 Å². The van der Waals surface area contributed by atoms with Gasteiger partial charge in [-0.25, -0.2) is 0 Å². The van der Waals surface area contributed by atoms with E-state index in [2.05, 4.69) is 26.5 Å². The maximum atomic E-state index is 3.89. The van der Waals surface area contributed by atoms with Gasteiger partial charge in [0.05, 0.1) is 0 Å². The first-order chi connectivity index (χ1) is 7.85. The monoisotopic (exact) mass is 224 g/mol. The van der Waals surface area contributed by atoms with Crippen molar-refractivity contribution in [2.45, 2.75) is 84.5 Å². The first-order valence-electron chi connectivity index (χ1n) is 7.47. The van der Waals surface area contributed by atoms with Gasteiger partial charge in [0.15, 0.2) is 0 Å². The van der Waals surface area contributed by atoms with Crippen LogP contribution < -0.4 is 0 Å². The van der Waals surface area contributed by atoms with E-state index in [4.69, 9.17) is 0 Å². The molecular weight excluding hydrogens is 192 g/mol. The molecular formula is C16H32. The van der Waals surface area contributed by atoms with Gasteiger partial charge in [-0.3, -0.25) is 0 Å². The molecule has 0 aliphatic carbocycles. The Kier molecular flexibility index (Phi) is 12.6. The first-order valence-corrected chi connectivity index (χ1v) is 7.47. The zero-order valence-corrected chi connectivity index (χ0v) is 11.6. The van der Waals surface area contributed by atoms with E-state index >= 15 is 0 Å². The lowest BCUT2D eigenvalue weighted by atomic mass is 9.98. The molecule has 16 heavy (non-hydrogen) atoms. The fourth-order valence-electron chi connectivity index (χ4n) is 2.21. The van der Waals surface area contributed by atoms with Crippen LogP contribution in [0.25, 0.3) is 0 Å². The van der Waals surface area contributed by atoms with E-state index in [1.165, 1.54) is 70.6 Å². The Hall–Kier alpha value is -0.260. The standard InChI is InChI=1S/C16H32/c1-4-7-8-9-10-11-12-13-14-15-16(5-2)6-3/h5,16H,2,4,6-15H2,1,3H3. The highest BCUT2D eigenvalue weighted by Gasteiger charge is 1.99. The Morgan fingerprint density at radius 1 is 0.812 bits per heavy atom. The molecule has 0 spiro atoms. The zero-order chi connectivity index (χ0) is 12.1. The van der Waals surface area contributed by atoms with Crippen molar-refractivity contribution in [3.05, 3.63) is 12.7 Å². The van der Waals surface area contributed by atoms with Gasteiger partial charge in [0, 0.05) is 0 Å². The number of unbranched alkanes of at least 4 members (excludes halogenated alkanes) is 8. The highest BCUT2D eigenvalue weighted by Crippen LogP contribution is 2.16. The van der Waals surface area contributed by atoms with Crippen LogP contribution in [0.4, 0.5) is 0 Å². The smallest absolute Gasteiger partial charge is 0.0239 e. The van der Waals surface area contributed by atoms with Crippen LogP contribution in [0.5, 0.6) is 0 Å². The van der Waals surface area contributed by atoms with Crippen LogP contribution in [0, 0.1) is 5.92 Å². The average Bonchev–Trinajstić information content (AvgIpc) is 2.32. The topological polar surface area (TPSA) is 0 Å². The highest BCUT2D eigenvalue weighted by molar-refractivity contribution is 4.77. The average molecular weight is 224 g/mol. The third-order valence-corrected chi connectivity index (χ3v) is 3.54. The van der Waals surface area contributed by atoms with Crippen LogP contribution in [-0.2, 0) is 0 Å². The lowest BCUT2D eigenvalue weighted by molar-refractivity contribution is 0.503. The summed E-state index contributed by atoms with van der Waals surface area (Å²) in [5.41, 5.74) is 0. The molecule has 0 radical (unpaired) electrons. The molecule has 0 bridgehead atoms. The lowest BCUT2D eigenvalue weighted by Crippen LogP contribution is -1.93. The largest absolute Gasteiger partial charge is 0.103 e. The number of hydrogen-bond acceptors (Lipinski definition) is 0. The van der Waals surface area contributed by atoms with E-state index in [-0.39, 0.29) is 0 Å². The summed E-state index contributed by atoms with van der Waals surface area (Å²) in [6.07, 6.45) is 17.6. The van der Waals surface area contributed by atoms with E-state index < -0.39 is 0 Å². The quantitative estimate of drug-likeness (QED) is 0.277. The van der Waals surface area contributed by atoms with Gasteiger partial charge in [-0.2, -0.15) is 0 Å². The maximum Gasteiger partial charge on any atom is -0.0239 e. The number of rotatable bonds is 12. The molecule has 0 fully saturated rings. The summed E-state index contributed by atoms with van der Waals surface area (Å²) in [4.78, 5) is 0. The van der Waals surface area contributed by atoms with Crippen molar-refractivity contribution in [1.82, 2.24) is 0 Å². The third-order valence-electron chi connectivity index (χ3n) is 3.54. The molecule has 0 saturated carbocycles. The van der Waals surface area contributed by atoms with Crippen molar-refractivity contribution in [3.8, 4) is 0 Å². The van der Waals surface area contributed by atoms with Crippen LogP contribution in [0.2, 0.25) is 0 Å². The number of allylic oxidation sites excluding steroid dienone is 1. The Labute approximate surface area is 104 Å². The fourth-order valence-corrected chi connectivity index (χ4v) is 2.21. The predicted molar refractivity (Wildman–Crippen MR) is 75.8 cm³/mol. The minimum atomic E-state index is 0.768. The van der Waals surface area contributed by atoms with Crippen molar-refractivity contribution in [1.29, 1.82) is 0 Å². The molecule has 1 atom stereocenters. The second-order valence-corrected chi connectivity index (χ2v) is 5.02. The van der Waals surface area contributed by atoms with Gasteiger partial charge in [-0.1, -0.05) is 77.7 Å². The molecule has 0 rings (SSSR count). The SMILES string of the molecule is C=CC(CC)CCCCCCCCCCC. The van der Waals surface area contributed by atoms with Gasteiger partial charge in [0.2, 0.25) is 0 Å². The van der Waals surface area contributed by atoms with Crippen molar-refractivity contribution in [3.63, 3.8) is 0 Å². The third kappa shape index (κ3) is 10.3. The predicted octanol–water partition coefficient (Wildman–Crippen LogP) is 6.12. The fraction of sp³-hybridized carbons (Fsp3) is 0.875. The molecule has 0 saturated heterocycles. The molecule has 0 aliphatic rings. The second-order valence-electron chi connectivity index (χ2n) is 5.02. The molecule has 0 aromatic rings. The summed E-state index contributed by atoms with van der Waals surface area (Å²) in [6, 6.07) is 0. The Balaban J connectivity index is 3.06. The molecule has 0 amide bonds. The molecule has 0 heterocycles. The maximum absolute atomic E-state index is 3.89. The summed E-state index contributed by atoms with van der Waals surface area (Å²) < 4.78 is 0. The van der Waals surface area contributed by atoms with E-state index in [0.717, 1.165) is 5.92 Å². The Bertz CT molecular complexity index is 137. The Morgan fingerprint density at radius 3 is 1.75 bits per heavy atom. The van der Waals surface area contributed by atoms with Gasteiger partial charge in [0.1, 0.15) is 0 Å². The van der Waals surface area contributed by atoms with Crippen LogP contribution in [-0.4, -0.2) is 0 Å². The summed E-state index contributed by atoms with van der Waals surface area (Å²) in [6.45, 7) is 8.43. The molecule has 96 valence electrons. The molecule has 0 nitrogen and oxygen atoms in total. The second kappa shape index (κ2) is 12.8. The van der Waals surface area contributed by atoms with Gasteiger partial charge in [-0.05, 0) is 18.8 Å². The Morgan fingerprint density at radius 2 is 1.31 bits per heavy atom. The van der Waals surface area contributed by atoms with Crippen molar-refractivity contribution < 1.29 is 0 Å². The van der Waals surface area contributed by atoms with Gasteiger partial charge in [0.25, 0.3) is 0 Å². The number of hydrogen-bond donors (Lipinski definition) is 0. The first kappa shape index (κ1) is 15.7. The van der Waals surface area contributed by atoms with E-state index in [1.807, 2.05) is 0 Å².